The van der Waals surface area contributed by atoms with Gasteiger partial charge < -0.3 is 14.7 Å². The van der Waals surface area contributed by atoms with Crippen molar-refractivity contribution in [2.45, 2.75) is 19.3 Å². The van der Waals surface area contributed by atoms with Crippen LogP contribution in [0.4, 0.5) is 5.69 Å². The Bertz CT molecular complexity index is 753. The van der Waals surface area contributed by atoms with Crippen molar-refractivity contribution in [1.82, 2.24) is 0 Å². The Morgan fingerprint density at radius 1 is 1.29 bits per heavy atom. The number of ether oxygens (including phenoxy) is 1. The number of benzene rings is 1. The van der Waals surface area contributed by atoms with E-state index in [0.29, 0.717) is 11.7 Å². The number of carbonyl (C=O) groups excluding carboxylic acids is 1. The molecule has 5 nitrogen and oxygen atoms in total. The molecule has 0 bridgehead atoms. The zero-order valence-electron chi connectivity index (χ0n) is 13.6. The summed E-state index contributed by atoms with van der Waals surface area (Å²) in [4.78, 5) is 26.1. The summed E-state index contributed by atoms with van der Waals surface area (Å²) in [5, 5.41) is 10.7. The maximum Gasteiger partial charge on any atom is 0.341 e. The molecular formula is C18H19NO4S. The molecule has 126 valence electrons. The van der Waals surface area contributed by atoms with Crippen LogP contribution >= 0.6 is 11.3 Å². The smallest absolute Gasteiger partial charge is 0.341 e. The number of anilines is 1. The SMILES string of the molecule is Cc1ccsc1C1CC1C(=O)N(C)c1ccc(OCC(=O)O)cc1. The van der Waals surface area contributed by atoms with Gasteiger partial charge in [-0.3, -0.25) is 4.79 Å². The Morgan fingerprint density at radius 3 is 2.58 bits per heavy atom. The van der Waals surface area contributed by atoms with Gasteiger partial charge in [0.05, 0.1) is 0 Å². The van der Waals surface area contributed by atoms with E-state index >= 15 is 0 Å². The minimum absolute atomic E-state index is 0.0512. The first-order chi connectivity index (χ1) is 11.5. The van der Waals surface area contributed by atoms with E-state index in [4.69, 9.17) is 9.84 Å². The molecule has 1 aromatic heterocycles. The molecule has 0 spiro atoms. The van der Waals surface area contributed by atoms with Gasteiger partial charge in [0, 0.05) is 29.4 Å². The van der Waals surface area contributed by atoms with Crippen LogP contribution in [0, 0.1) is 12.8 Å². The molecule has 2 atom stereocenters. The summed E-state index contributed by atoms with van der Waals surface area (Å²) in [7, 11) is 1.77. The van der Waals surface area contributed by atoms with Crippen LogP contribution in [0.3, 0.4) is 0 Å². The topological polar surface area (TPSA) is 66.8 Å². The second kappa shape index (κ2) is 6.65. The third kappa shape index (κ3) is 3.43. The van der Waals surface area contributed by atoms with Gasteiger partial charge in [0.1, 0.15) is 5.75 Å². The molecule has 1 N–H and O–H groups in total. The molecule has 1 aliphatic carbocycles. The number of aliphatic carboxylic acids is 1. The Kier molecular flexibility index (Phi) is 4.57. The molecule has 6 heteroatoms. The van der Waals surface area contributed by atoms with Crippen molar-refractivity contribution < 1.29 is 19.4 Å². The van der Waals surface area contributed by atoms with Gasteiger partial charge in [-0.05, 0) is 54.6 Å². The summed E-state index contributed by atoms with van der Waals surface area (Å²) in [6.07, 6.45) is 0.907. The second-order valence-electron chi connectivity index (χ2n) is 5.99. The molecule has 1 fully saturated rings. The van der Waals surface area contributed by atoms with Crippen molar-refractivity contribution in [3.8, 4) is 5.75 Å². The zero-order valence-corrected chi connectivity index (χ0v) is 14.4. The molecule has 24 heavy (non-hydrogen) atoms. The molecule has 1 aromatic carbocycles. The van der Waals surface area contributed by atoms with E-state index in [0.717, 1.165) is 12.1 Å². The second-order valence-corrected chi connectivity index (χ2v) is 6.94. The average molecular weight is 345 g/mol. The first-order valence-corrected chi connectivity index (χ1v) is 8.61. The van der Waals surface area contributed by atoms with Crippen molar-refractivity contribution in [2.24, 2.45) is 5.92 Å². The summed E-state index contributed by atoms with van der Waals surface area (Å²) < 4.78 is 5.10. The largest absolute Gasteiger partial charge is 0.482 e. The van der Waals surface area contributed by atoms with Crippen molar-refractivity contribution in [3.05, 3.63) is 46.2 Å². The summed E-state index contributed by atoms with van der Waals surface area (Å²) in [5.41, 5.74) is 2.04. The number of amides is 1. The number of thiophene rings is 1. The molecular weight excluding hydrogens is 326 g/mol. The van der Waals surface area contributed by atoms with Gasteiger partial charge in [0.25, 0.3) is 0 Å². The average Bonchev–Trinajstić information content (AvgIpc) is 3.25. The van der Waals surface area contributed by atoms with Gasteiger partial charge in [0.2, 0.25) is 5.91 Å². The lowest BCUT2D eigenvalue weighted by Crippen LogP contribution is -2.28. The lowest BCUT2D eigenvalue weighted by molar-refractivity contribution is -0.139. The quantitative estimate of drug-likeness (QED) is 0.872. The fraction of sp³-hybridized carbons (Fsp3) is 0.333. The van der Waals surface area contributed by atoms with Crippen molar-refractivity contribution in [1.29, 1.82) is 0 Å². The van der Waals surface area contributed by atoms with Crippen LogP contribution in [0.1, 0.15) is 22.8 Å². The Morgan fingerprint density at radius 2 is 2.00 bits per heavy atom. The highest BCUT2D eigenvalue weighted by atomic mass is 32.1. The number of hydrogen-bond acceptors (Lipinski definition) is 4. The first-order valence-electron chi connectivity index (χ1n) is 7.73. The zero-order chi connectivity index (χ0) is 17.3. The Hall–Kier alpha value is -2.34. The van der Waals surface area contributed by atoms with Crippen LogP contribution in [-0.2, 0) is 9.59 Å². The lowest BCUT2D eigenvalue weighted by atomic mass is 10.2. The van der Waals surface area contributed by atoms with Crippen LogP contribution in [0.25, 0.3) is 0 Å². The van der Waals surface area contributed by atoms with Gasteiger partial charge in [-0.25, -0.2) is 4.79 Å². The van der Waals surface area contributed by atoms with Crippen LogP contribution in [0.2, 0.25) is 0 Å². The van der Waals surface area contributed by atoms with Crippen molar-refractivity contribution >= 4 is 28.9 Å². The number of aryl methyl sites for hydroxylation is 1. The van der Waals surface area contributed by atoms with E-state index < -0.39 is 5.97 Å². The molecule has 0 saturated heterocycles. The van der Waals surface area contributed by atoms with Gasteiger partial charge in [0.15, 0.2) is 6.61 Å². The van der Waals surface area contributed by atoms with E-state index in [1.165, 1.54) is 10.4 Å². The minimum Gasteiger partial charge on any atom is -0.482 e. The van der Waals surface area contributed by atoms with Gasteiger partial charge in [-0.15, -0.1) is 11.3 Å². The molecule has 0 radical (unpaired) electrons. The van der Waals surface area contributed by atoms with E-state index in [2.05, 4.69) is 18.4 Å². The molecule has 2 aromatic rings. The lowest BCUT2D eigenvalue weighted by Gasteiger charge is -2.18. The summed E-state index contributed by atoms with van der Waals surface area (Å²) in [6.45, 7) is 1.71. The predicted molar refractivity (Wildman–Crippen MR) is 92.9 cm³/mol. The minimum atomic E-state index is -1.02. The van der Waals surface area contributed by atoms with E-state index in [1.807, 2.05) is 0 Å². The molecule has 1 amide bonds. The third-order valence-corrected chi connectivity index (χ3v) is 5.41. The monoisotopic (exact) mass is 345 g/mol. The van der Waals surface area contributed by atoms with E-state index in [-0.39, 0.29) is 18.4 Å². The Labute approximate surface area is 144 Å². The molecule has 1 heterocycles. The number of rotatable bonds is 6. The number of carboxylic acid groups (broad SMARTS) is 1. The van der Waals surface area contributed by atoms with Crippen LogP contribution in [-0.4, -0.2) is 30.6 Å². The fourth-order valence-corrected chi connectivity index (χ4v) is 3.92. The highest BCUT2D eigenvalue weighted by molar-refractivity contribution is 7.10. The highest BCUT2D eigenvalue weighted by Crippen LogP contribution is 2.51. The van der Waals surface area contributed by atoms with Gasteiger partial charge in [-0.2, -0.15) is 0 Å². The normalized spacial score (nSPS) is 18.9. The van der Waals surface area contributed by atoms with E-state index in [1.54, 1.807) is 47.5 Å². The van der Waals surface area contributed by atoms with Gasteiger partial charge >= 0.3 is 5.97 Å². The van der Waals surface area contributed by atoms with Crippen LogP contribution in [0.5, 0.6) is 5.75 Å². The molecule has 0 aliphatic heterocycles. The van der Waals surface area contributed by atoms with E-state index in [9.17, 15) is 9.59 Å². The van der Waals surface area contributed by atoms with Crippen molar-refractivity contribution in [3.63, 3.8) is 0 Å². The van der Waals surface area contributed by atoms with Crippen LogP contribution < -0.4 is 9.64 Å². The standard InChI is InChI=1S/C18H19NO4S/c1-11-7-8-24-17(11)14-9-15(14)18(22)19(2)12-3-5-13(6-4-12)23-10-16(20)21/h3-8,14-15H,9-10H2,1-2H3,(H,20,21). The molecule has 1 aliphatic rings. The summed E-state index contributed by atoms with van der Waals surface area (Å²) in [5.74, 6) is -0.0315. The maximum absolute atomic E-state index is 12.6. The number of hydrogen-bond donors (Lipinski definition) is 1. The number of nitrogens with zero attached hydrogens (tertiary/aromatic N) is 1. The molecule has 1 saturated carbocycles. The fourth-order valence-electron chi connectivity index (χ4n) is 2.81. The highest BCUT2D eigenvalue weighted by Gasteiger charge is 2.46. The summed E-state index contributed by atoms with van der Waals surface area (Å²) in [6, 6.07) is 8.98. The number of carbonyl (C=O) groups is 2. The molecule has 3 rings (SSSR count). The number of carboxylic acids is 1. The van der Waals surface area contributed by atoms with Gasteiger partial charge in [-0.1, -0.05) is 0 Å². The molecule has 2 unspecified atom stereocenters. The maximum atomic E-state index is 12.6. The van der Waals surface area contributed by atoms with Crippen molar-refractivity contribution in [2.75, 3.05) is 18.6 Å². The Balaban J connectivity index is 1.62. The van der Waals surface area contributed by atoms with Crippen LogP contribution in [0.15, 0.2) is 35.7 Å². The predicted octanol–water partition coefficient (Wildman–Crippen LogP) is 3.29. The summed E-state index contributed by atoms with van der Waals surface area (Å²) >= 11 is 1.72. The third-order valence-electron chi connectivity index (χ3n) is 4.26. The first kappa shape index (κ1) is 16.5.